The van der Waals surface area contributed by atoms with Gasteiger partial charge in [0.15, 0.2) is 5.69 Å². The second kappa shape index (κ2) is 6.01. The molecule has 2 N–H and O–H groups in total. The van der Waals surface area contributed by atoms with E-state index in [1.807, 2.05) is 0 Å². The third-order valence-electron chi connectivity index (χ3n) is 3.49. The number of carbonyl (C=O) groups excluding carboxylic acids is 1. The fraction of sp³-hybridized carbons (Fsp3) is 0.357. The summed E-state index contributed by atoms with van der Waals surface area (Å²) in [7, 11) is 0. The standard InChI is InChI=1S/C14H16FN5O/c15-11-3-1-10(2-4-11)5-6-17-14(21)13-9-20(19-18-13)12-7-16-8-12/h1-4,9,12,16H,5-8H2,(H,17,21). The van der Waals surface area contributed by atoms with Crippen molar-refractivity contribution in [1.29, 1.82) is 0 Å². The molecule has 21 heavy (non-hydrogen) atoms. The van der Waals surface area contributed by atoms with Crippen LogP contribution >= 0.6 is 0 Å². The van der Waals surface area contributed by atoms with Crippen molar-refractivity contribution in [3.63, 3.8) is 0 Å². The molecule has 1 aliphatic heterocycles. The summed E-state index contributed by atoms with van der Waals surface area (Å²) in [5.41, 5.74) is 1.29. The van der Waals surface area contributed by atoms with Gasteiger partial charge in [-0.15, -0.1) is 5.10 Å². The Bertz CT molecular complexity index is 621. The molecule has 0 atom stereocenters. The molecule has 1 aromatic carbocycles. The highest BCUT2D eigenvalue weighted by Gasteiger charge is 2.21. The summed E-state index contributed by atoms with van der Waals surface area (Å²) in [6.07, 6.45) is 2.31. The van der Waals surface area contributed by atoms with Crippen LogP contribution in [-0.2, 0) is 6.42 Å². The number of halogens is 1. The predicted octanol–water partition coefficient (Wildman–Crippen LogP) is 0.534. The number of hydrogen-bond acceptors (Lipinski definition) is 4. The monoisotopic (exact) mass is 289 g/mol. The van der Waals surface area contributed by atoms with Crippen LogP contribution < -0.4 is 10.6 Å². The van der Waals surface area contributed by atoms with Crippen molar-refractivity contribution in [2.24, 2.45) is 0 Å². The fourth-order valence-electron chi connectivity index (χ4n) is 2.08. The van der Waals surface area contributed by atoms with Crippen molar-refractivity contribution in [2.75, 3.05) is 19.6 Å². The van der Waals surface area contributed by atoms with Crippen LogP contribution in [0.15, 0.2) is 30.5 Å². The molecule has 1 saturated heterocycles. The average Bonchev–Trinajstić information content (AvgIpc) is 2.88. The average molecular weight is 289 g/mol. The summed E-state index contributed by atoms with van der Waals surface area (Å²) >= 11 is 0. The molecule has 1 fully saturated rings. The Labute approximate surface area is 121 Å². The molecule has 110 valence electrons. The van der Waals surface area contributed by atoms with E-state index in [1.54, 1.807) is 23.0 Å². The van der Waals surface area contributed by atoms with Gasteiger partial charge in [0.05, 0.1) is 12.2 Å². The van der Waals surface area contributed by atoms with E-state index in [-0.39, 0.29) is 11.7 Å². The number of carbonyl (C=O) groups is 1. The smallest absolute Gasteiger partial charge is 0.273 e. The number of nitrogens with zero attached hydrogens (tertiary/aromatic N) is 3. The SMILES string of the molecule is O=C(NCCc1ccc(F)cc1)c1cn(C2CNC2)nn1. The van der Waals surface area contributed by atoms with E-state index in [9.17, 15) is 9.18 Å². The Kier molecular flexibility index (Phi) is 3.92. The van der Waals surface area contributed by atoms with Crippen LogP contribution in [0.2, 0.25) is 0 Å². The first kappa shape index (κ1) is 13.7. The van der Waals surface area contributed by atoms with Crippen LogP contribution in [0.4, 0.5) is 4.39 Å². The quantitative estimate of drug-likeness (QED) is 0.842. The van der Waals surface area contributed by atoms with Crippen molar-refractivity contribution < 1.29 is 9.18 Å². The summed E-state index contributed by atoms with van der Waals surface area (Å²) in [5, 5.41) is 13.8. The van der Waals surface area contributed by atoms with Gasteiger partial charge in [-0.2, -0.15) is 0 Å². The first-order valence-corrected chi connectivity index (χ1v) is 6.87. The van der Waals surface area contributed by atoms with E-state index in [0.717, 1.165) is 18.7 Å². The van der Waals surface area contributed by atoms with E-state index in [4.69, 9.17) is 0 Å². The van der Waals surface area contributed by atoms with Crippen molar-refractivity contribution in [2.45, 2.75) is 12.5 Å². The zero-order valence-corrected chi connectivity index (χ0v) is 11.4. The second-order valence-corrected chi connectivity index (χ2v) is 5.03. The molecule has 0 radical (unpaired) electrons. The van der Waals surface area contributed by atoms with E-state index in [1.165, 1.54) is 12.1 Å². The molecule has 6 nitrogen and oxygen atoms in total. The molecule has 0 bridgehead atoms. The largest absolute Gasteiger partial charge is 0.350 e. The van der Waals surface area contributed by atoms with Crippen LogP contribution in [-0.4, -0.2) is 40.5 Å². The summed E-state index contributed by atoms with van der Waals surface area (Å²) in [6.45, 7) is 2.19. The van der Waals surface area contributed by atoms with Gasteiger partial charge < -0.3 is 10.6 Å². The molecule has 1 aliphatic rings. The van der Waals surface area contributed by atoms with Gasteiger partial charge in [-0.1, -0.05) is 17.3 Å². The zero-order chi connectivity index (χ0) is 14.7. The van der Waals surface area contributed by atoms with Crippen molar-refractivity contribution in [3.8, 4) is 0 Å². The molecule has 2 aromatic rings. The molecular formula is C14H16FN5O. The predicted molar refractivity (Wildman–Crippen MR) is 74.4 cm³/mol. The summed E-state index contributed by atoms with van der Waals surface area (Å²) < 4.78 is 14.5. The van der Waals surface area contributed by atoms with E-state index < -0.39 is 0 Å². The normalized spacial score (nSPS) is 14.7. The number of hydrogen-bond donors (Lipinski definition) is 2. The molecule has 0 unspecified atom stereocenters. The van der Waals surface area contributed by atoms with Gasteiger partial charge >= 0.3 is 0 Å². The maximum atomic E-state index is 12.8. The van der Waals surface area contributed by atoms with Crippen molar-refractivity contribution in [3.05, 3.63) is 47.5 Å². The summed E-state index contributed by atoms with van der Waals surface area (Å²) in [5.74, 6) is -0.500. The molecule has 0 aliphatic carbocycles. The molecule has 2 heterocycles. The van der Waals surface area contributed by atoms with Gasteiger partial charge in [0.2, 0.25) is 0 Å². The highest BCUT2D eigenvalue weighted by atomic mass is 19.1. The summed E-state index contributed by atoms with van der Waals surface area (Å²) in [4.78, 5) is 11.9. The Morgan fingerprint density at radius 3 is 2.81 bits per heavy atom. The number of nitrogens with one attached hydrogen (secondary N) is 2. The Hall–Kier alpha value is -2.28. The maximum absolute atomic E-state index is 12.8. The van der Waals surface area contributed by atoms with Gasteiger partial charge in [0.1, 0.15) is 5.82 Å². The van der Waals surface area contributed by atoms with Gasteiger partial charge in [0, 0.05) is 19.6 Å². The third-order valence-corrected chi connectivity index (χ3v) is 3.49. The molecule has 3 rings (SSSR count). The molecule has 0 spiro atoms. The minimum Gasteiger partial charge on any atom is -0.350 e. The number of rotatable bonds is 5. The van der Waals surface area contributed by atoms with Crippen LogP contribution in [0.5, 0.6) is 0 Å². The Balaban J connectivity index is 1.49. The van der Waals surface area contributed by atoms with Gasteiger partial charge in [-0.25, -0.2) is 9.07 Å². The minimum atomic E-state index is -0.259. The van der Waals surface area contributed by atoms with E-state index >= 15 is 0 Å². The van der Waals surface area contributed by atoms with Gasteiger partial charge in [-0.05, 0) is 24.1 Å². The van der Waals surface area contributed by atoms with Crippen molar-refractivity contribution >= 4 is 5.91 Å². The lowest BCUT2D eigenvalue weighted by Gasteiger charge is -2.26. The molecule has 1 amide bonds. The topological polar surface area (TPSA) is 71.8 Å². The van der Waals surface area contributed by atoms with Gasteiger partial charge in [-0.3, -0.25) is 4.79 Å². The Morgan fingerprint density at radius 1 is 1.38 bits per heavy atom. The lowest BCUT2D eigenvalue weighted by Crippen LogP contribution is -2.43. The van der Waals surface area contributed by atoms with Crippen LogP contribution in [0.25, 0.3) is 0 Å². The highest BCUT2D eigenvalue weighted by molar-refractivity contribution is 5.91. The second-order valence-electron chi connectivity index (χ2n) is 5.03. The minimum absolute atomic E-state index is 0.240. The van der Waals surface area contributed by atoms with E-state index in [2.05, 4.69) is 20.9 Å². The lowest BCUT2D eigenvalue weighted by molar-refractivity contribution is 0.0949. The first-order chi connectivity index (χ1) is 10.2. The van der Waals surface area contributed by atoms with Crippen LogP contribution in [0.1, 0.15) is 22.1 Å². The van der Waals surface area contributed by atoms with Crippen molar-refractivity contribution in [1.82, 2.24) is 25.6 Å². The number of amides is 1. The lowest BCUT2D eigenvalue weighted by atomic mass is 10.1. The number of benzene rings is 1. The first-order valence-electron chi connectivity index (χ1n) is 6.87. The zero-order valence-electron chi connectivity index (χ0n) is 11.4. The van der Waals surface area contributed by atoms with E-state index in [0.29, 0.717) is 24.7 Å². The number of aromatic nitrogens is 3. The molecule has 0 saturated carbocycles. The van der Waals surface area contributed by atoms with Gasteiger partial charge in [0.25, 0.3) is 5.91 Å². The Morgan fingerprint density at radius 2 is 2.14 bits per heavy atom. The molecule has 7 heteroatoms. The molecule has 1 aromatic heterocycles. The molecular weight excluding hydrogens is 273 g/mol. The highest BCUT2D eigenvalue weighted by Crippen LogP contribution is 2.09. The fourth-order valence-corrected chi connectivity index (χ4v) is 2.08. The van der Waals surface area contributed by atoms with Crippen LogP contribution in [0, 0.1) is 5.82 Å². The maximum Gasteiger partial charge on any atom is 0.273 e. The summed E-state index contributed by atoms with van der Waals surface area (Å²) in [6, 6.07) is 6.53. The van der Waals surface area contributed by atoms with Crippen LogP contribution in [0.3, 0.4) is 0 Å². The third kappa shape index (κ3) is 3.25.